The van der Waals surface area contributed by atoms with Crippen molar-refractivity contribution in [3.63, 3.8) is 0 Å². The topological polar surface area (TPSA) is 34.1 Å². The summed E-state index contributed by atoms with van der Waals surface area (Å²) >= 11 is 2.77. The fourth-order valence-electron chi connectivity index (χ4n) is 0. The monoisotopic (exact) mass is 191 g/mol. The van der Waals surface area contributed by atoms with Crippen LogP contribution in [0.2, 0.25) is 0 Å². The van der Waals surface area contributed by atoms with Crippen LogP contribution in [0.3, 0.4) is 0 Å². The predicted molar refractivity (Wildman–Crippen MR) is 15.0 cm³/mol. The van der Waals surface area contributed by atoms with Gasteiger partial charge in [-0.2, -0.15) is 0 Å². The van der Waals surface area contributed by atoms with Gasteiger partial charge in [-0.25, -0.2) is 0 Å². The summed E-state index contributed by atoms with van der Waals surface area (Å²) in [6.45, 7) is 0. The first-order valence-corrected chi connectivity index (χ1v) is 3.78. The first kappa shape index (κ1) is 8.23. The third-order valence-electron chi connectivity index (χ3n) is 0.262. The van der Waals surface area contributed by atoms with E-state index in [4.69, 9.17) is 0 Å². The Morgan fingerprint density at radius 1 is 1.25 bits per heavy atom. The molecule has 0 fully saturated rings. The molecule has 0 heterocycles. The molecule has 7 heteroatoms. The predicted octanol–water partition coefficient (Wildman–Crippen LogP) is 0.383. The molecular weight excluding hydrogens is 192 g/mol. The Hall–Kier alpha value is 0.234. The molecule has 0 aliphatic rings. The van der Waals surface area contributed by atoms with Crippen molar-refractivity contribution in [2.75, 3.05) is 0 Å². The van der Waals surface area contributed by atoms with E-state index >= 15 is 0 Å². The zero-order chi connectivity index (χ0) is 7.00. The molecule has 0 radical (unpaired) electrons. The van der Waals surface area contributed by atoms with Gasteiger partial charge in [0, 0.05) is 0 Å². The summed E-state index contributed by atoms with van der Waals surface area (Å²) < 4.78 is 51.4. The minimum atomic E-state index is -5.26. The van der Waals surface area contributed by atoms with E-state index in [2.05, 4.69) is 14.4 Å². The Morgan fingerprint density at radius 2 is 1.38 bits per heavy atom. The van der Waals surface area contributed by atoms with Gasteiger partial charge in [0.1, 0.15) is 0 Å². The number of hydrogen-bond donors (Lipinski definition) is 0. The molecule has 0 saturated carbocycles. The van der Waals surface area contributed by atoms with Gasteiger partial charge in [0.05, 0.1) is 0 Å². The first-order valence-electron chi connectivity index (χ1n) is 1.23. The molecule has 0 aliphatic carbocycles. The Kier molecular flexibility index (Phi) is 1.93. The molecule has 0 saturated heterocycles. The fraction of sp³-hybridized carbons (Fsp3) is 1.00. The molecule has 0 unspecified atom stereocenters. The molecule has 0 aromatic carbocycles. The van der Waals surface area contributed by atoms with Crippen molar-refractivity contribution in [2.24, 2.45) is 0 Å². The van der Waals surface area contributed by atoms with Crippen molar-refractivity contribution >= 4 is 8.36 Å². The maximum atomic E-state index is 10.9. The SMILES string of the molecule is O=[S](=O)([Ni])C(F)(F)F. The van der Waals surface area contributed by atoms with Crippen molar-refractivity contribution in [1.82, 2.24) is 0 Å². The zero-order valence-electron chi connectivity index (χ0n) is 3.17. The summed E-state index contributed by atoms with van der Waals surface area (Å²) in [6.07, 6.45) is 0. The van der Waals surface area contributed by atoms with E-state index in [-0.39, 0.29) is 0 Å². The second-order valence-corrected chi connectivity index (χ2v) is 3.72. The molecule has 0 aromatic rings. The van der Waals surface area contributed by atoms with Gasteiger partial charge in [-0.1, -0.05) is 0 Å². The number of halogens is 3. The minimum absolute atomic E-state index is 2.77. The molecular formula is CF3NiO2S. The van der Waals surface area contributed by atoms with Crippen LogP contribution < -0.4 is 0 Å². The summed E-state index contributed by atoms with van der Waals surface area (Å²) in [5.74, 6) is 0. The Morgan fingerprint density at radius 3 is 1.38 bits per heavy atom. The molecule has 0 atom stereocenters. The second kappa shape index (κ2) is 1.88. The van der Waals surface area contributed by atoms with E-state index in [1.807, 2.05) is 0 Å². The van der Waals surface area contributed by atoms with E-state index in [1.54, 1.807) is 0 Å². The summed E-state index contributed by atoms with van der Waals surface area (Å²) in [6, 6.07) is 0. The van der Waals surface area contributed by atoms with Crippen LogP contribution >= 0.6 is 0 Å². The van der Waals surface area contributed by atoms with Gasteiger partial charge in [0.2, 0.25) is 0 Å². The van der Waals surface area contributed by atoms with Crippen molar-refractivity contribution in [3.8, 4) is 0 Å². The van der Waals surface area contributed by atoms with Crippen molar-refractivity contribution in [3.05, 3.63) is 0 Å². The summed E-state index contributed by atoms with van der Waals surface area (Å²) in [7, 11) is -5.22. The van der Waals surface area contributed by atoms with Crippen molar-refractivity contribution in [2.45, 2.75) is 5.51 Å². The van der Waals surface area contributed by atoms with Crippen LogP contribution in [0.25, 0.3) is 0 Å². The van der Waals surface area contributed by atoms with Crippen LogP contribution in [0, 0.1) is 0 Å². The Bertz CT molecular complexity index is 166. The van der Waals surface area contributed by atoms with Gasteiger partial charge >= 0.3 is 49.8 Å². The molecule has 8 heavy (non-hydrogen) atoms. The maximum absolute atomic E-state index is 10.9. The Labute approximate surface area is 50.5 Å². The van der Waals surface area contributed by atoms with E-state index < -0.39 is 13.9 Å². The van der Waals surface area contributed by atoms with Crippen LogP contribution in [0.5, 0.6) is 0 Å². The second-order valence-electron chi connectivity index (χ2n) is 0.850. The van der Waals surface area contributed by atoms with Gasteiger partial charge in [-0.15, -0.1) is 0 Å². The molecule has 0 amide bonds. The standard InChI is InChI=1S/CF3O2S.Ni/c2-1(3,4)7(5)6;. The molecule has 0 spiro atoms. The van der Waals surface area contributed by atoms with E-state index in [1.165, 1.54) is 0 Å². The van der Waals surface area contributed by atoms with E-state index in [9.17, 15) is 21.6 Å². The summed E-state index contributed by atoms with van der Waals surface area (Å²) in [4.78, 5) is 0. The van der Waals surface area contributed by atoms with E-state index in [0.717, 1.165) is 0 Å². The van der Waals surface area contributed by atoms with E-state index in [0.29, 0.717) is 0 Å². The number of rotatable bonds is 0. The molecule has 0 rings (SSSR count). The van der Waals surface area contributed by atoms with Crippen LogP contribution in [-0.2, 0) is 22.7 Å². The van der Waals surface area contributed by atoms with Gasteiger partial charge in [0.15, 0.2) is 0 Å². The molecule has 2 nitrogen and oxygen atoms in total. The molecule has 0 aromatic heterocycles. The van der Waals surface area contributed by atoms with Crippen molar-refractivity contribution in [1.29, 1.82) is 0 Å². The van der Waals surface area contributed by atoms with Gasteiger partial charge in [0.25, 0.3) is 0 Å². The zero-order valence-corrected chi connectivity index (χ0v) is 4.98. The average molecular weight is 192 g/mol. The quantitative estimate of drug-likeness (QED) is 0.519. The van der Waals surface area contributed by atoms with Gasteiger partial charge in [-0.05, 0) is 0 Å². The number of hydrogen-bond acceptors (Lipinski definition) is 2. The van der Waals surface area contributed by atoms with Crippen LogP contribution in [0.1, 0.15) is 0 Å². The molecule has 0 bridgehead atoms. The fourth-order valence-corrected chi connectivity index (χ4v) is 0. The summed E-state index contributed by atoms with van der Waals surface area (Å²) in [5.41, 5.74) is -5.26. The van der Waals surface area contributed by atoms with Gasteiger partial charge in [-0.3, -0.25) is 0 Å². The third-order valence-corrected chi connectivity index (χ3v) is 1.47. The molecule has 0 N–H and O–H groups in total. The molecule has 53 valence electrons. The van der Waals surface area contributed by atoms with Crippen LogP contribution in [0.15, 0.2) is 0 Å². The van der Waals surface area contributed by atoms with Gasteiger partial charge < -0.3 is 0 Å². The molecule has 0 aliphatic heterocycles. The normalized spacial score (nSPS) is 14.1. The number of alkyl halides is 3. The summed E-state index contributed by atoms with van der Waals surface area (Å²) in [5, 5.41) is 0. The third kappa shape index (κ3) is 2.00. The van der Waals surface area contributed by atoms with Crippen molar-refractivity contribution < 1.29 is 36.0 Å². The first-order chi connectivity index (χ1) is 3.25. The Balaban J connectivity index is 4.53. The van der Waals surface area contributed by atoms with Crippen LogP contribution in [0.4, 0.5) is 13.2 Å². The average Bonchev–Trinajstić information content (AvgIpc) is 1.25. The van der Waals surface area contributed by atoms with Crippen LogP contribution in [-0.4, -0.2) is 13.9 Å².